The predicted molar refractivity (Wildman–Crippen MR) is 128 cm³/mol. The van der Waals surface area contributed by atoms with Crippen LogP contribution in [-0.2, 0) is 16.1 Å². The van der Waals surface area contributed by atoms with E-state index < -0.39 is 0 Å². The molecule has 1 N–H and O–H groups in total. The lowest BCUT2D eigenvalue weighted by Gasteiger charge is -2.21. The summed E-state index contributed by atoms with van der Waals surface area (Å²) in [6.07, 6.45) is 0.805. The quantitative estimate of drug-likeness (QED) is 0.299. The average Bonchev–Trinajstić information content (AvgIpc) is 3.41. The van der Waals surface area contributed by atoms with Gasteiger partial charge in [-0.25, -0.2) is 0 Å². The van der Waals surface area contributed by atoms with Gasteiger partial charge in [-0.2, -0.15) is 0 Å². The first kappa shape index (κ1) is 23.8. The molecule has 1 amide bonds. The maximum Gasteiger partial charge on any atom is 0.230 e. The van der Waals surface area contributed by atoms with Gasteiger partial charge in [0.25, 0.3) is 0 Å². The Bertz CT molecular complexity index is 976. The van der Waals surface area contributed by atoms with Crippen molar-refractivity contribution >= 4 is 40.6 Å². The number of aromatic nitrogens is 3. The molecule has 2 aromatic heterocycles. The minimum atomic E-state index is -0.0252. The highest BCUT2D eigenvalue weighted by Gasteiger charge is 2.21. The first-order valence-corrected chi connectivity index (χ1v) is 12.4. The summed E-state index contributed by atoms with van der Waals surface area (Å²) >= 11 is 9.43. The number of amides is 1. The molecule has 0 saturated heterocycles. The summed E-state index contributed by atoms with van der Waals surface area (Å²) in [6.45, 7) is 5.52. The molecular formula is C22H27ClN4O2S2. The van der Waals surface area contributed by atoms with Gasteiger partial charge < -0.3 is 14.6 Å². The van der Waals surface area contributed by atoms with E-state index in [1.807, 2.05) is 40.3 Å². The van der Waals surface area contributed by atoms with Crippen LogP contribution in [0.25, 0.3) is 11.4 Å². The summed E-state index contributed by atoms with van der Waals surface area (Å²) in [5, 5.41) is 15.2. The molecule has 0 fully saturated rings. The molecule has 2 heterocycles. The van der Waals surface area contributed by atoms with Crippen molar-refractivity contribution in [3.8, 4) is 11.4 Å². The minimum Gasteiger partial charge on any atom is -0.385 e. The molecule has 31 heavy (non-hydrogen) atoms. The van der Waals surface area contributed by atoms with Crippen LogP contribution in [0.5, 0.6) is 0 Å². The zero-order valence-electron chi connectivity index (χ0n) is 17.9. The zero-order valence-corrected chi connectivity index (χ0v) is 20.3. The van der Waals surface area contributed by atoms with Crippen molar-refractivity contribution in [3.63, 3.8) is 0 Å². The number of carbonyl (C=O) groups excluding carboxylic acids is 1. The van der Waals surface area contributed by atoms with Gasteiger partial charge in [0.05, 0.1) is 16.8 Å². The van der Waals surface area contributed by atoms with E-state index in [2.05, 4.69) is 35.4 Å². The molecule has 6 nitrogen and oxygen atoms in total. The van der Waals surface area contributed by atoms with Crippen LogP contribution in [0.15, 0.2) is 46.9 Å². The molecule has 3 rings (SSSR count). The highest BCUT2D eigenvalue weighted by atomic mass is 35.5. The van der Waals surface area contributed by atoms with E-state index in [0.717, 1.165) is 16.9 Å². The van der Waals surface area contributed by atoms with Crippen molar-refractivity contribution < 1.29 is 9.53 Å². The Morgan fingerprint density at radius 2 is 2.06 bits per heavy atom. The number of ether oxygens (including phenoxy) is 1. The van der Waals surface area contributed by atoms with Gasteiger partial charge in [0.2, 0.25) is 5.91 Å². The number of thiophene rings is 1. The fourth-order valence-corrected chi connectivity index (χ4v) is 5.13. The van der Waals surface area contributed by atoms with Gasteiger partial charge in [-0.3, -0.25) is 4.79 Å². The number of benzene rings is 1. The van der Waals surface area contributed by atoms with E-state index in [1.165, 1.54) is 11.8 Å². The summed E-state index contributed by atoms with van der Waals surface area (Å²) in [7, 11) is 1.68. The molecule has 9 heteroatoms. The highest BCUT2D eigenvalue weighted by molar-refractivity contribution is 7.99. The highest BCUT2D eigenvalue weighted by Crippen LogP contribution is 2.30. The molecular weight excluding hydrogens is 452 g/mol. The van der Waals surface area contributed by atoms with Crippen molar-refractivity contribution in [3.05, 3.63) is 51.7 Å². The van der Waals surface area contributed by atoms with Crippen LogP contribution >= 0.6 is 34.7 Å². The third kappa shape index (κ3) is 6.32. The van der Waals surface area contributed by atoms with Gasteiger partial charge in [0.1, 0.15) is 0 Å². The lowest BCUT2D eigenvalue weighted by Crippen LogP contribution is -2.32. The van der Waals surface area contributed by atoms with Gasteiger partial charge in [-0.05, 0) is 35.9 Å². The maximum atomic E-state index is 12.7. The summed E-state index contributed by atoms with van der Waals surface area (Å²) < 4.78 is 7.21. The first-order valence-electron chi connectivity index (χ1n) is 10.1. The third-order valence-electron chi connectivity index (χ3n) is 4.73. The second-order valence-corrected chi connectivity index (χ2v) is 9.71. The Labute approximate surface area is 196 Å². The van der Waals surface area contributed by atoms with Gasteiger partial charge in [-0.15, -0.1) is 21.5 Å². The summed E-state index contributed by atoms with van der Waals surface area (Å²) in [5.74, 6) is 1.24. The average molecular weight is 479 g/mol. The number of thioether (sulfide) groups is 1. The third-order valence-corrected chi connectivity index (χ3v) is 6.98. The first-order chi connectivity index (χ1) is 15.0. The SMILES string of the molecule is COCCCn1c(SCC(=O)NC(c2cccs2)C(C)C)nnc1-c1ccccc1Cl. The van der Waals surface area contributed by atoms with Crippen molar-refractivity contribution in [2.45, 2.75) is 38.0 Å². The molecule has 3 aromatic rings. The van der Waals surface area contributed by atoms with Gasteiger partial charge in [0.15, 0.2) is 11.0 Å². The lowest BCUT2D eigenvalue weighted by molar-refractivity contribution is -0.119. The molecule has 0 aliphatic carbocycles. The van der Waals surface area contributed by atoms with Crippen LogP contribution in [0, 0.1) is 5.92 Å². The topological polar surface area (TPSA) is 69.0 Å². The van der Waals surface area contributed by atoms with Crippen molar-refractivity contribution in [2.24, 2.45) is 5.92 Å². The van der Waals surface area contributed by atoms with Crippen molar-refractivity contribution in [1.29, 1.82) is 0 Å². The monoisotopic (exact) mass is 478 g/mol. The molecule has 1 aromatic carbocycles. The lowest BCUT2D eigenvalue weighted by atomic mass is 10.0. The van der Waals surface area contributed by atoms with Crippen LogP contribution < -0.4 is 5.32 Å². The van der Waals surface area contributed by atoms with Crippen LogP contribution in [0.1, 0.15) is 31.2 Å². The fourth-order valence-electron chi connectivity index (χ4n) is 3.19. The number of hydrogen-bond acceptors (Lipinski definition) is 6. The Balaban J connectivity index is 1.73. The zero-order chi connectivity index (χ0) is 22.2. The number of methoxy groups -OCH3 is 1. The number of nitrogens with zero attached hydrogens (tertiary/aromatic N) is 3. The molecule has 0 bridgehead atoms. The van der Waals surface area contributed by atoms with E-state index in [4.69, 9.17) is 16.3 Å². The van der Waals surface area contributed by atoms with E-state index in [1.54, 1.807) is 18.4 Å². The Hall–Kier alpha value is -1.87. The smallest absolute Gasteiger partial charge is 0.230 e. The molecule has 0 aliphatic heterocycles. The molecule has 0 saturated carbocycles. The van der Waals surface area contributed by atoms with E-state index in [0.29, 0.717) is 35.1 Å². The van der Waals surface area contributed by atoms with Crippen molar-refractivity contribution in [1.82, 2.24) is 20.1 Å². The minimum absolute atomic E-state index is 0.00589. The maximum absolute atomic E-state index is 12.7. The molecule has 1 unspecified atom stereocenters. The number of rotatable bonds is 11. The summed E-state index contributed by atoms with van der Waals surface area (Å²) in [5.41, 5.74) is 0.822. The van der Waals surface area contributed by atoms with Gasteiger partial charge in [0, 0.05) is 30.7 Å². The Kier molecular flexibility index (Phi) is 8.95. The van der Waals surface area contributed by atoms with Crippen LogP contribution in [0.4, 0.5) is 0 Å². The molecule has 166 valence electrons. The predicted octanol–water partition coefficient (Wildman–Crippen LogP) is 5.30. The second kappa shape index (κ2) is 11.7. The molecule has 1 atom stereocenters. The standard InChI is InChI=1S/C22H27ClN4O2S2/c1-15(2)20(18-10-6-13-30-18)24-19(28)14-31-22-26-25-21(27(22)11-7-12-29-3)16-8-4-5-9-17(16)23/h4-6,8-10,13,15,20H,7,11-12,14H2,1-3H3,(H,24,28). The van der Waals surface area contributed by atoms with Crippen LogP contribution in [-0.4, -0.2) is 40.1 Å². The Morgan fingerprint density at radius 3 is 2.74 bits per heavy atom. The normalized spacial score (nSPS) is 12.3. The Morgan fingerprint density at radius 1 is 1.26 bits per heavy atom. The van der Waals surface area contributed by atoms with E-state index in [-0.39, 0.29) is 17.7 Å². The number of hydrogen-bond donors (Lipinski definition) is 1. The number of carbonyl (C=O) groups is 1. The second-order valence-electron chi connectivity index (χ2n) is 7.38. The van der Waals surface area contributed by atoms with Crippen molar-refractivity contribution in [2.75, 3.05) is 19.5 Å². The number of halogens is 1. The largest absolute Gasteiger partial charge is 0.385 e. The molecule has 0 spiro atoms. The van der Waals surface area contributed by atoms with E-state index in [9.17, 15) is 4.79 Å². The molecule has 0 aliphatic rings. The van der Waals surface area contributed by atoms with Gasteiger partial charge in [-0.1, -0.05) is 55.4 Å². The van der Waals surface area contributed by atoms with Crippen LogP contribution in [0.3, 0.4) is 0 Å². The fraction of sp³-hybridized carbons (Fsp3) is 0.409. The number of nitrogens with one attached hydrogen (secondary N) is 1. The van der Waals surface area contributed by atoms with Gasteiger partial charge >= 0.3 is 0 Å². The van der Waals surface area contributed by atoms with E-state index >= 15 is 0 Å². The molecule has 0 radical (unpaired) electrons. The summed E-state index contributed by atoms with van der Waals surface area (Å²) in [4.78, 5) is 13.9. The summed E-state index contributed by atoms with van der Waals surface area (Å²) in [6, 6.07) is 11.6. The van der Waals surface area contributed by atoms with Crippen LogP contribution in [0.2, 0.25) is 5.02 Å².